The van der Waals surface area contributed by atoms with E-state index < -0.39 is 6.29 Å². The molecule has 0 aliphatic heterocycles. The Bertz CT molecular complexity index is 184. The van der Waals surface area contributed by atoms with E-state index in [1.165, 1.54) is 7.11 Å². The maximum Gasteiger partial charge on any atom is 0.0344 e. The van der Waals surface area contributed by atoms with Crippen molar-refractivity contribution in [2.24, 2.45) is 0 Å². The largest absolute Gasteiger partial charge is 0.828 e. The van der Waals surface area contributed by atoms with Crippen molar-refractivity contribution >= 4 is 0 Å². The quantitative estimate of drug-likeness (QED) is 0.562. The molecule has 0 bridgehead atoms. The predicted octanol–water partition coefficient (Wildman–Crippen LogP) is 0.692. The predicted molar refractivity (Wildman–Crippen MR) is 36.2 cm³/mol. The molecule has 1 atom stereocenters. The highest BCUT2D eigenvalue weighted by Gasteiger charge is 1.91. The second kappa shape index (κ2) is 3.34. The van der Waals surface area contributed by atoms with Crippen LogP contribution in [0.25, 0.3) is 0 Å². The molecular weight excluding hydrogens is 128 g/mol. The van der Waals surface area contributed by atoms with Gasteiger partial charge in [0.25, 0.3) is 0 Å². The molecule has 1 unspecified atom stereocenters. The maximum absolute atomic E-state index is 10.9. The third kappa shape index (κ3) is 1.56. The highest BCUT2D eigenvalue weighted by atomic mass is 16.6. The third-order valence-corrected chi connectivity index (χ3v) is 1.29. The number of benzene rings is 1. The zero-order valence-electron chi connectivity index (χ0n) is 5.78. The topological polar surface area (TPSA) is 32.3 Å². The Kier molecular flexibility index (Phi) is 2.42. The van der Waals surface area contributed by atoms with Crippen molar-refractivity contribution in [2.45, 2.75) is 6.29 Å². The standard InChI is InChI=1S/C8H9O2/c1-10-8(9)7-5-3-2-4-6-7/h2-6,8H,1H3/q-1. The first-order valence-corrected chi connectivity index (χ1v) is 3.08. The number of hydrogen-bond acceptors (Lipinski definition) is 2. The Morgan fingerprint density at radius 2 is 1.90 bits per heavy atom. The molecule has 2 nitrogen and oxygen atoms in total. The van der Waals surface area contributed by atoms with Crippen molar-refractivity contribution < 1.29 is 9.84 Å². The first kappa shape index (κ1) is 7.25. The molecule has 0 fully saturated rings. The highest BCUT2D eigenvalue weighted by Crippen LogP contribution is 2.07. The maximum atomic E-state index is 10.9. The zero-order valence-corrected chi connectivity index (χ0v) is 5.78. The van der Waals surface area contributed by atoms with Gasteiger partial charge in [0, 0.05) is 13.4 Å². The van der Waals surface area contributed by atoms with Gasteiger partial charge in [0.15, 0.2) is 0 Å². The van der Waals surface area contributed by atoms with Crippen LogP contribution in [0.3, 0.4) is 0 Å². The molecule has 0 saturated carbocycles. The summed E-state index contributed by atoms with van der Waals surface area (Å²) in [4.78, 5) is 0. The number of hydrogen-bond donors (Lipinski definition) is 0. The molecule has 54 valence electrons. The van der Waals surface area contributed by atoms with Crippen LogP contribution < -0.4 is 5.11 Å². The average molecular weight is 137 g/mol. The fraction of sp³-hybridized carbons (Fsp3) is 0.250. The summed E-state index contributed by atoms with van der Waals surface area (Å²) >= 11 is 0. The van der Waals surface area contributed by atoms with Crippen molar-refractivity contribution in [1.29, 1.82) is 0 Å². The normalized spacial score (nSPS) is 13.0. The van der Waals surface area contributed by atoms with Crippen LogP contribution in [0.2, 0.25) is 0 Å². The van der Waals surface area contributed by atoms with E-state index in [0.29, 0.717) is 5.56 Å². The van der Waals surface area contributed by atoms with E-state index in [2.05, 4.69) is 4.74 Å². The lowest BCUT2D eigenvalue weighted by Crippen LogP contribution is -2.16. The van der Waals surface area contributed by atoms with Gasteiger partial charge >= 0.3 is 0 Å². The van der Waals surface area contributed by atoms with Crippen LogP contribution in [0.4, 0.5) is 0 Å². The van der Waals surface area contributed by atoms with E-state index in [1.54, 1.807) is 12.1 Å². The summed E-state index contributed by atoms with van der Waals surface area (Å²) < 4.78 is 4.58. The van der Waals surface area contributed by atoms with Crippen LogP contribution >= 0.6 is 0 Å². The number of ether oxygens (including phenoxy) is 1. The van der Waals surface area contributed by atoms with Gasteiger partial charge in [-0.3, -0.25) is 0 Å². The number of rotatable bonds is 2. The molecule has 0 aromatic heterocycles. The molecule has 0 N–H and O–H groups in total. The van der Waals surface area contributed by atoms with E-state index in [-0.39, 0.29) is 0 Å². The monoisotopic (exact) mass is 137 g/mol. The summed E-state index contributed by atoms with van der Waals surface area (Å²) in [5, 5.41) is 10.9. The molecule has 10 heavy (non-hydrogen) atoms. The first-order valence-electron chi connectivity index (χ1n) is 3.08. The molecule has 1 aromatic carbocycles. The Morgan fingerprint density at radius 1 is 1.30 bits per heavy atom. The summed E-state index contributed by atoms with van der Waals surface area (Å²) in [6, 6.07) is 9.01. The summed E-state index contributed by atoms with van der Waals surface area (Å²) in [5.41, 5.74) is 0.671. The van der Waals surface area contributed by atoms with Crippen molar-refractivity contribution in [1.82, 2.24) is 0 Å². The van der Waals surface area contributed by atoms with Crippen molar-refractivity contribution in [3.63, 3.8) is 0 Å². The molecule has 0 saturated heterocycles. The van der Waals surface area contributed by atoms with E-state index in [4.69, 9.17) is 0 Å². The van der Waals surface area contributed by atoms with Gasteiger partial charge in [-0.25, -0.2) is 0 Å². The van der Waals surface area contributed by atoms with Gasteiger partial charge in [-0.05, 0) is 5.56 Å². The van der Waals surface area contributed by atoms with Crippen LogP contribution in [-0.2, 0) is 4.74 Å². The van der Waals surface area contributed by atoms with Crippen molar-refractivity contribution in [3.05, 3.63) is 35.9 Å². The van der Waals surface area contributed by atoms with Gasteiger partial charge in [0.1, 0.15) is 0 Å². The SMILES string of the molecule is COC([O-])c1ccccc1. The summed E-state index contributed by atoms with van der Waals surface area (Å²) in [6.45, 7) is 0. The fourth-order valence-corrected chi connectivity index (χ4v) is 0.746. The molecule has 0 spiro atoms. The molecule has 0 amide bonds. The second-order valence-corrected chi connectivity index (χ2v) is 1.98. The van der Waals surface area contributed by atoms with Crippen LogP contribution in [-0.4, -0.2) is 7.11 Å². The van der Waals surface area contributed by atoms with Gasteiger partial charge in [0.2, 0.25) is 0 Å². The van der Waals surface area contributed by atoms with E-state index in [0.717, 1.165) is 0 Å². The lowest BCUT2D eigenvalue weighted by molar-refractivity contribution is -0.495. The van der Waals surface area contributed by atoms with Gasteiger partial charge in [0.05, 0.1) is 0 Å². The van der Waals surface area contributed by atoms with Gasteiger partial charge in [-0.2, -0.15) is 0 Å². The van der Waals surface area contributed by atoms with Crippen LogP contribution in [0.5, 0.6) is 0 Å². The summed E-state index contributed by atoms with van der Waals surface area (Å²) in [7, 11) is 1.41. The Hall–Kier alpha value is -0.860. The summed E-state index contributed by atoms with van der Waals surface area (Å²) in [6.07, 6.45) is -1.04. The average Bonchev–Trinajstić information content (AvgIpc) is 2.05. The highest BCUT2D eigenvalue weighted by molar-refractivity contribution is 5.15. The Labute approximate surface area is 60.1 Å². The lowest BCUT2D eigenvalue weighted by atomic mass is 10.2. The Balaban J connectivity index is 2.75. The van der Waals surface area contributed by atoms with E-state index in [9.17, 15) is 5.11 Å². The molecule has 1 aromatic rings. The zero-order chi connectivity index (χ0) is 7.40. The third-order valence-electron chi connectivity index (χ3n) is 1.29. The van der Waals surface area contributed by atoms with Crippen LogP contribution in [0.1, 0.15) is 11.9 Å². The Morgan fingerprint density at radius 3 is 2.40 bits per heavy atom. The minimum Gasteiger partial charge on any atom is -0.828 e. The molecule has 0 aliphatic rings. The second-order valence-electron chi connectivity index (χ2n) is 1.98. The lowest BCUT2D eigenvalue weighted by Gasteiger charge is -2.19. The minimum absolute atomic E-state index is 0.671. The van der Waals surface area contributed by atoms with Crippen LogP contribution in [0.15, 0.2) is 30.3 Å². The van der Waals surface area contributed by atoms with Crippen LogP contribution in [0, 0.1) is 0 Å². The molecule has 0 heterocycles. The molecule has 0 aliphatic carbocycles. The molecule has 0 radical (unpaired) electrons. The summed E-state index contributed by atoms with van der Waals surface area (Å²) in [5.74, 6) is 0. The number of methoxy groups -OCH3 is 1. The van der Waals surface area contributed by atoms with E-state index >= 15 is 0 Å². The van der Waals surface area contributed by atoms with Gasteiger partial charge in [-0.1, -0.05) is 30.3 Å². The van der Waals surface area contributed by atoms with Crippen molar-refractivity contribution in [3.8, 4) is 0 Å². The van der Waals surface area contributed by atoms with E-state index in [1.807, 2.05) is 18.2 Å². The first-order chi connectivity index (χ1) is 4.84. The van der Waals surface area contributed by atoms with Crippen molar-refractivity contribution in [2.75, 3.05) is 7.11 Å². The van der Waals surface area contributed by atoms with Gasteiger partial charge < -0.3 is 9.84 Å². The molecule has 2 heteroatoms. The van der Waals surface area contributed by atoms with Gasteiger partial charge in [-0.15, -0.1) is 0 Å². The minimum atomic E-state index is -1.04. The molecule has 1 rings (SSSR count). The fourth-order valence-electron chi connectivity index (χ4n) is 0.746. The smallest absolute Gasteiger partial charge is 0.0344 e. The molecular formula is C8H9O2-.